The van der Waals surface area contributed by atoms with Gasteiger partial charge in [-0.05, 0) is 26.7 Å². The van der Waals surface area contributed by atoms with E-state index < -0.39 is 17.0 Å². The van der Waals surface area contributed by atoms with Gasteiger partial charge in [-0.3, -0.25) is 0 Å². The summed E-state index contributed by atoms with van der Waals surface area (Å²) in [4.78, 5) is 0.512. The lowest BCUT2D eigenvalue weighted by Crippen LogP contribution is -2.22. The van der Waals surface area contributed by atoms with E-state index in [-0.39, 0.29) is 5.82 Å². The number of nitrogens with two attached hydrogens (primary N) is 1. The molecule has 0 aromatic carbocycles. The van der Waals surface area contributed by atoms with E-state index in [0.29, 0.717) is 17.7 Å². The van der Waals surface area contributed by atoms with E-state index in [9.17, 15) is 4.21 Å². The summed E-state index contributed by atoms with van der Waals surface area (Å²) < 4.78 is 14.9. The van der Waals surface area contributed by atoms with E-state index in [1.807, 2.05) is 0 Å². The van der Waals surface area contributed by atoms with Crippen molar-refractivity contribution >= 4 is 28.6 Å². The maximum Gasteiger partial charge on any atom is 0.458 e. The first-order valence-electron chi connectivity index (χ1n) is 4.96. The fraction of sp³-hybridized carbons (Fsp3) is 0.556. The van der Waals surface area contributed by atoms with Crippen LogP contribution in [0.1, 0.15) is 26.7 Å². The van der Waals surface area contributed by atoms with Gasteiger partial charge in [0.15, 0.2) is 0 Å². The Hall–Kier alpha value is -0.625. The molecule has 0 fully saturated rings. The Kier molecular flexibility index (Phi) is 6.58. The van der Waals surface area contributed by atoms with Gasteiger partial charge in [0.2, 0.25) is 0 Å². The van der Waals surface area contributed by atoms with Crippen molar-refractivity contribution in [2.24, 2.45) is 9.54 Å². The molecule has 0 aliphatic heterocycles. The Morgan fingerprint density at radius 3 is 2.62 bits per heavy atom. The predicted molar refractivity (Wildman–Crippen MR) is 70.5 cm³/mol. The highest BCUT2D eigenvalue weighted by Gasteiger charge is 2.20. The predicted octanol–water partition coefficient (Wildman–Crippen LogP) is 0.152. The van der Waals surface area contributed by atoms with Crippen LogP contribution < -0.4 is 5.14 Å². The highest BCUT2D eigenvalue weighted by molar-refractivity contribution is 7.99. The van der Waals surface area contributed by atoms with Crippen molar-refractivity contribution < 1.29 is 14.3 Å². The lowest BCUT2D eigenvalue weighted by molar-refractivity contribution is 0.391. The first kappa shape index (κ1) is 15.4. The molecule has 0 aromatic heterocycles. The van der Waals surface area contributed by atoms with Crippen molar-refractivity contribution in [3.05, 3.63) is 12.2 Å². The zero-order valence-electron chi connectivity index (χ0n) is 9.67. The van der Waals surface area contributed by atoms with Crippen molar-refractivity contribution in [3.8, 4) is 0 Å². The molecule has 0 rings (SSSR count). The Morgan fingerprint density at radius 2 is 2.25 bits per heavy atom. The molecule has 4 N–H and O–H groups in total. The second-order valence-corrected chi connectivity index (χ2v) is 5.63. The van der Waals surface area contributed by atoms with Gasteiger partial charge in [-0.1, -0.05) is 12.2 Å². The summed E-state index contributed by atoms with van der Waals surface area (Å²) >= 11 is 0. The molecule has 0 aliphatic rings. The summed E-state index contributed by atoms with van der Waals surface area (Å²) in [5.41, 5.74) is 0. The van der Waals surface area contributed by atoms with Gasteiger partial charge in [0.1, 0.15) is 9.89 Å². The molecule has 0 amide bonds. The van der Waals surface area contributed by atoms with Crippen molar-refractivity contribution in [3.63, 3.8) is 0 Å². The minimum absolute atomic E-state index is 0.389. The van der Waals surface area contributed by atoms with E-state index in [4.69, 9.17) is 15.2 Å². The summed E-state index contributed by atoms with van der Waals surface area (Å²) in [5, 5.41) is 23.6. The molecular formula is C9H19BN2O3S. The average molecular weight is 246 g/mol. The monoisotopic (exact) mass is 246 g/mol. The Balaban J connectivity index is 4.61. The molecule has 0 heterocycles. The van der Waals surface area contributed by atoms with Crippen LogP contribution in [0.5, 0.6) is 0 Å². The van der Waals surface area contributed by atoms with Gasteiger partial charge in [0.05, 0.1) is 0 Å². The highest BCUT2D eigenvalue weighted by atomic mass is 32.2. The average Bonchev–Trinajstić information content (AvgIpc) is 2.23. The molecule has 0 aromatic rings. The summed E-state index contributed by atoms with van der Waals surface area (Å²) in [5.74, 6) is -0.389. The van der Waals surface area contributed by atoms with Crippen LogP contribution in [-0.2, 0) is 9.89 Å². The van der Waals surface area contributed by atoms with Gasteiger partial charge in [-0.25, -0.2) is 9.35 Å². The third-order valence-corrected chi connectivity index (χ3v) is 3.93. The minimum atomic E-state index is -2.84. The van der Waals surface area contributed by atoms with E-state index >= 15 is 0 Å². The first-order chi connectivity index (χ1) is 7.35. The molecule has 0 aliphatic carbocycles. The lowest BCUT2D eigenvalue weighted by atomic mass is 9.70. The molecule has 16 heavy (non-hydrogen) atoms. The molecule has 2 unspecified atom stereocenters. The number of rotatable bonds is 6. The smallest absolute Gasteiger partial charge is 0.427 e. The number of hydrogen-bond donors (Lipinski definition) is 3. The zero-order chi connectivity index (χ0) is 12.8. The Morgan fingerprint density at radius 1 is 1.69 bits per heavy atom. The van der Waals surface area contributed by atoms with Gasteiger partial charge in [0, 0.05) is 17.4 Å². The maximum atomic E-state index is 11.6. The highest BCUT2D eigenvalue weighted by Crippen LogP contribution is 2.17. The second-order valence-electron chi connectivity index (χ2n) is 3.54. The van der Waals surface area contributed by atoms with Crippen molar-refractivity contribution in [1.29, 1.82) is 0 Å². The van der Waals surface area contributed by atoms with Gasteiger partial charge >= 0.3 is 7.12 Å². The molecule has 5 nitrogen and oxygen atoms in total. The molecule has 0 radical (unpaired) electrons. The fourth-order valence-electron chi connectivity index (χ4n) is 1.22. The van der Waals surface area contributed by atoms with Crippen LogP contribution in [0, 0.1) is 0 Å². The van der Waals surface area contributed by atoms with Gasteiger partial charge in [0.25, 0.3) is 0 Å². The van der Waals surface area contributed by atoms with E-state index in [1.165, 1.54) is 0 Å². The summed E-state index contributed by atoms with van der Waals surface area (Å²) in [7, 11) is -4.26. The van der Waals surface area contributed by atoms with Gasteiger partial charge < -0.3 is 10.0 Å². The topological polar surface area (TPSA) is 95.9 Å². The molecule has 92 valence electrons. The van der Waals surface area contributed by atoms with E-state index in [1.54, 1.807) is 26.0 Å². The van der Waals surface area contributed by atoms with Crippen molar-refractivity contribution in [2.75, 3.05) is 0 Å². The molecule has 2 atom stereocenters. The quantitative estimate of drug-likeness (QED) is 0.269. The molecule has 7 heteroatoms. The van der Waals surface area contributed by atoms with Crippen molar-refractivity contribution in [1.82, 2.24) is 0 Å². The Labute approximate surface area is 97.5 Å². The van der Waals surface area contributed by atoms with E-state index in [2.05, 4.69) is 11.1 Å². The van der Waals surface area contributed by atoms with Crippen molar-refractivity contribution in [2.45, 2.75) is 32.5 Å². The van der Waals surface area contributed by atoms with Crippen LogP contribution in [0.2, 0.25) is 5.82 Å². The molecule has 0 bridgehead atoms. The molecule has 0 saturated heterocycles. The second kappa shape index (κ2) is 6.85. The number of hydrogen-bond acceptors (Lipinski definition) is 3. The summed E-state index contributed by atoms with van der Waals surface area (Å²) in [6.07, 6.45) is 4.31. The van der Waals surface area contributed by atoms with Crippen LogP contribution in [0.3, 0.4) is 0 Å². The van der Waals surface area contributed by atoms with Gasteiger partial charge in [-0.2, -0.15) is 4.40 Å². The first-order valence-corrected chi connectivity index (χ1v) is 6.54. The number of nitrogens with zero attached hydrogens (tertiary/aromatic N) is 1. The normalized spacial score (nSPS) is 16.8. The van der Waals surface area contributed by atoms with E-state index in [0.717, 1.165) is 0 Å². The minimum Gasteiger partial charge on any atom is -0.427 e. The lowest BCUT2D eigenvalue weighted by Gasteiger charge is -2.12. The maximum absolute atomic E-state index is 11.6. The SMILES string of the molecule is C=NS(N)(=O)=C(C)CCC(C=CC)B(O)O. The summed E-state index contributed by atoms with van der Waals surface area (Å²) in [6.45, 7) is 6.60. The van der Waals surface area contributed by atoms with Crippen LogP contribution >= 0.6 is 0 Å². The van der Waals surface area contributed by atoms with Crippen LogP contribution in [-0.4, -0.2) is 33.0 Å². The fourth-order valence-corrected chi connectivity index (χ4v) is 1.85. The standard InChI is InChI=1S/C9H19BN2O3S/c1-4-5-9(10(13)14)7-6-8(2)16(11,15)12-3/h4-5,9,13-14H,3,6-7H2,1-2H3,(H2,11,15). The Bertz CT molecular complexity index is 373. The zero-order valence-corrected chi connectivity index (χ0v) is 10.5. The largest absolute Gasteiger partial charge is 0.458 e. The molecular weight excluding hydrogens is 227 g/mol. The van der Waals surface area contributed by atoms with Gasteiger partial charge in [-0.15, -0.1) is 0 Å². The molecule has 0 spiro atoms. The van der Waals surface area contributed by atoms with Crippen LogP contribution in [0.15, 0.2) is 16.5 Å². The summed E-state index contributed by atoms with van der Waals surface area (Å²) in [6, 6.07) is 0. The third-order valence-electron chi connectivity index (χ3n) is 2.34. The molecule has 0 saturated carbocycles. The van der Waals surface area contributed by atoms with Crippen LogP contribution in [0.25, 0.3) is 0 Å². The third kappa shape index (κ3) is 4.93. The number of allylic oxidation sites excluding steroid dienone is 2. The van der Waals surface area contributed by atoms with Crippen LogP contribution in [0.4, 0.5) is 0 Å².